The molecule has 1 aromatic carbocycles. The van der Waals surface area contributed by atoms with E-state index in [1.807, 2.05) is 30.0 Å². The number of aryl methyl sites for hydroxylation is 2. The molecule has 1 aromatic heterocycles. The number of fused-ring (bicyclic) bond motifs is 1. The van der Waals surface area contributed by atoms with Crippen molar-refractivity contribution < 1.29 is 4.79 Å². The van der Waals surface area contributed by atoms with Crippen molar-refractivity contribution >= 4 is 16.8 Å². The lowest BCUT2D eigenvalue weighted by molar-refractivity contribution is -0.132. The Bertz CT molecular complexity index is 708. The van der Waals surface area contributed by atoms with E-state index in [9.17, 15) is 4.79 Å². The van der Waals surface area contributed by atoms with E-state index in [1.165, 1.54) is 12.0 Å². The summed E-state index contributed by atoms with van der Waals surface area (Å²) >= 11 is 0. The van der Waals surface area contributed by atoms with Crippen LogP contribution in [0.1, 0.15) is 36.6 Å². The molecule has 1 fully saturated rings. The van der Waals surface area contributed by atoms with Crippen LogP contribution in [0.2, 0.25) is 0 Å². The number of para-hydroxylation sites is 1. The SMILES string of the molecule is Cc1nc2ccccc2c(C)c1CC(=O)N1CCCC(C)C1. The van der Waals surface area contributed by atoms with Crippen LogP contribution in [0.15, 0.2) is 24.3 Å². The second-order valence-corrected chi connectivity index (χ2v) is 6.58. The Kier molecular flexibility index (Phi) is 4.14. The maximum Gasteiger partial charge on any atom is 0.227 e. The summed E-state index contributed by atoms with van der Waals surface area (Å²) in [6, 6.07) is 8.17. The third-order valence-electron chi connectivity index (χ3n) is 4.82. The lowest BCUT2D eigenvalue weighted by atomic mass is 9.97. The van der Waals surface area contributed by atoms with Crippen molar-refractivity contribution in [1.29, 1.82) is 0 Å². The van der Waals surface area contributed by atoms with Crippen molar-refractivity contribution in [2.24, 2.45) is 5.92 Å². The number of aromatic nitrogens is 1. The zero-order valence-corrected chi connectivity index (χ0v) is 13.7. The number of carbonyl (C=O) groups excluding carboxylic acids is 1. The predicted octanol–water partition coefficient (Wildman–Crippen LogP) is 3.65. The van der Waals surface area contributed by atoms with Crippen LogP contribution in [-0.4, -0.2) is 28.9 Å². The molecule has 3 nitrogen and oxygen atoms in total. The van der Waals surface area contributed by atoms with Gasteiger partial charge in [-0.05, 0) is 49.8 Å². The topological polar surface area (TPSA) is 33.2 Å². The van der Waals surface area contributed by atoms with Crippen LogP contribution in [0.25, 0.3) is 10.9 Å². The summed E-state index contributed by atoms with van der Waals surface area (Å²) in [5.41, 5.74) is 4.29. The Balaban J connectivity index is 1.88. The highest BCUT2D eigenvalue weighted by atomic mass is 16.2. The molecule has 116 valence electrons. The summed E-state index contributed by atoms with van der Waals surface area (Å²) in [6.45, 7) is 8.16. The van der Waals surface area contributed by atoms with Gasteiger partial charge in [-0.2, -0.15) is 0 Å². The van der Waals surface area contributed by atoms with Gasteiger partial charge >= 0.3 is 0 Å². The minimum absolute atomic E-state index is 0.245. The van der Waals surface area contributed by atoms with Crippen LogP contribution in [0.4, 0.5) is 0 Å². The third-order valence-corrected chi connectivity index (χ3v) is 4.82. The van der Waals surface area contributed by atoms with Crippen LogP contribution in [-0.2, 0) is 11.2 Å². The molecule has 1 unspecified atom stereocenters. The fourth-order valence-corrected chi connectivity index (χ4v) is 3.51. The summed E-state index contributed by atoms with van der Waals surface area (Å²) in [7, 11) is 0. The third kappa shape index (κ3) is 2.85. The number of piperidine rings is 1. The fraction of sp³-hybridized carbons (Fsp3) is 0.474. The molecule has 0 N–H and O–H groups in total. The molecule has 2 aromatic rings. The number of hydrogen-bond donors (Lipinski definition) is 0. The van der Waals surface area contributed by atoms with Gasteiger partial charge in [-0.15, -0.1) is 0 Å². The smallest absolute Gasteiger partial charge is 0.227 e. The average Bonchev–Trinajstić information content (AvgIpc) is 2.51. The Labute approximate surface area is 132 Å². The molecule has 0 bridgehead atoms. The van der Waals surface area contributed by atoms with E-state index in [-0.39, 0.29) is 5.91 Å². The van der Waals surface area contributed by atoms with Crippen molar-refractivity contribution in [3.63, 3.8) is 0 Å². The average molecular weight is 296 g/mol. The van der Waals surface area contributed by atoms with Gasteiger partial charge in [0, 0.05) is 24.2 Å². The van der Waals surface area contributed by atoms with Gasteiger partial charge < -0.3 is 4.90 Å². The Hall–Kier alpha value is -1.90. The largest absolute Gasteiger partial charge is 0.342 e. The summed E-state index contributed by atoms with van der Waals surface area (Å²) < 4.78 is 0. The molecule has 3 heteroatoms. The van der Waals surface area contributed by atoms with Crippen LogP contribution in [0, 0.1) is 19.8 Å². The summed E-state index contributed by atoms with van der Waals surface area (Å²) in [5, 5.41) is 1.16. The quantitative estimate of drug-likeness (QED) is 0.847. The number of carbonyl (C=O) groups is 1. The van der Waals surface area contributed by atoms with E-state index < -0.39 is 0 Å². The highest BCUT2D eigenvalue weighted by molar-refractivity contribution is 5.86. The van der Waals surface area contributed by atoms with Crippen LogP contribution >= 0.6 is 0 Å². The molecule has 3 rings (SSSR count). The second-order valence-electron chi connectivity index (χ2n) is 6.58. The molecule has 1 aliphatic heterocycles. The minimum Gasteiger partial charge on any atom is -0.342 e. The van der Waals surface area contributed by atoms with E-state index in [1.54, 1.807) is 0 Å². The van der Waals surface area contributed by atoms with Crippen molar-refractivity contribution in [2.45, 2.75) is 40.0 Å². The lowest BCUT2D eigenvalue weighted by Gasteiger charge is -2.31. The van der Waals surface area contributed by atoms with Gasteiger partial charge in [0.25, 0.3) is 0 Å². The van der Waals surface area contributed by atoms with Gasteiger partial charge in [0.1, 0.15) is 0 Å². The molecule has 1 amide bonds. The molecule has 0 aliphatic carbocycles. The lowest BCUT2D eigenvalue weighted by Crippen LogP contribution is -2.40. The first kappa shape index (κ1) is 15.0. The molecule has 2 heterocycles. The predicted molar refractivity (Wildman–Crippen MR) is 89.9 cm³/mol. The molecule has 0 radical (unpaired) electrons. The van der Waals surface area contributed by atoms with Crippen molar-refractivity contribution in [3.05, 3.63) is 41.1 Å². The fourth-order valence-electron chi connectivity index (χ4n) is 3.51. The highest BCUT2D eigenvalue weighted by Gasteiger charge is 2.22. The van der Waals surface area contributed by atoms with E-state index in [2.05, 4.69) is 24.9 Å². The number of hydrogen-bond acceptors (Lipinski definition) is 2. The van der Waals surface area contributed by atoms with E-state index in [0.717, 1.165) is 41.7 Å². The zero-order chi connectivity index (χ0) is 15.7. The molecule has 22 heavy (non-hydrogen) atoms. The molecular weight excluding hydrogens is 272 g/mol. The van der Waals surface area contributed by atoms with Gasteiger partial charge in [0.15, 0.2) is 0 Å². The molecule has 0 spiro atoms. The first-order chi connectivity index (χ1) is 10.6. The monoisotopic (exact) mass is 296 g/mol. The number of rotatable bonds is 2. The number of likely N-dealkylation sites (tertiary alicyclic amines) is 1. The van der Waals surface area contributed by atoms with Crippen molar-refractivity contribution in [2.75, 3.05) is 13.1 Å². The van der Waals surface area contributed by atoms with Crippen LogP contribution in [0.3, 0.4) is 0 Å². The highest BCUT2D eigenvalue weighted by Crippen LogP contribution is 2.24. The van der Waals surface area contributed by atoms with Crippen molar-refractivity contribution in [1.82, 2.24) is 9.88 Å². The van der Waals surface area contributed by atoms with Gasteiger partial charge in [-0.25, -0.2) is 0 Å². The van der Waals surface area contributed by atoms with Crippen LogP contribution in [0.5, 0.6) is 0 Å². The first-order valence-electron chi connectivity index (χ1n) is 8.19. The van der Waals surface area contributed by atoms with Crippen LogP contribution < -0.4 is 0 Å². The Morgan fingerprint density at radius 1 is 1.32 bits per heavy atom. The van der Waals surface area contributed by atoms with Gasteiger partial charge in [0.05, 0.1) is 11.9 Å². The number of pyridine rings is 1. The summed E-state index contributed by atoms with van der Waals surface area (Å²) in [4.78, 5) is 19.4. The number of nitrogens with zero attached hydrogens (tertiary/aromatic N) is 2. The standard InChI is InChI=1S/C19H24N2O/c1-13-7-6-10-21(12-13)19(22)11-17-14(2)16-8-4-5-9-18(16)20-15(17)3/h4-5,8-9,13H,6-7,10-12H2,1-3H3. The molecular formula is C19H24N2O. The van der Waals surface area contributed by atoms with E-state index >= 15 is 0 Å². The number of amides is 1. The maximum atomic E-state index is 12.7. The van der Waals surface area contributed by atoms with E-state index in [0.29, 0.717) is 12.3 Å². The van der Waals surface area contributed by atoms with Gasteiger partial charge in [-0.1, -0.05) is 25.1 Å². The summed E-state index contributed by atoms with van der Waals surface area (Å²) in [5.74, 6) is 0.865. The number of benzene rings is 1. The minimum atomic E-state index is 0.245. The van der Waals surface area contributed by atoms with E-state index in [4.69, 9.17) is 0 Å². The Morgan fingerprint density at radius 2 is 2.09 bits per heavy atom. The second kappa shape index (κ2) is 6.07. The molecule has 1 atom stereocenters. The van der Waals surface area contributed by atoms with Crippen molar-refractivity contribution in [3.8, 4) is 0 Å². The molecule has 0 saturated carbocycles. The van der Waals surface area contributed by atoms with Gasteiger partial charge in [-0.3, -0.25) is 9.78 Å². The van der Waals surface area contributed by atoms with Gasteiger partial charge in [0.2, 0.25) is 5.91 Å². The first-order valence-corrected chi connectivity index (χ1v) is 8.19. The zero-order valence-electron chi connectivity index (χ0n) is 13.7. The molecule has 1 aliphatic rings. The maximum absolute atomic E-state index is 12.7. The normalized spacial score (nSPS) is 18.7. The summed E-state index contributed by atoms with van der Waals surface area (Å²) in [6.07, 6.45) is 2.84. The molecule has 1 saturated heterocycles. The Morgan fingerprint density at radius 3 is 2.86 bits per heavy atom.